The Bertz CT molecular complexity index is 870. The highest BCUT2D eigenvalue weighted by atomic mass is 16.5. The van der Waals surface area contributed by atoms with Gasteiger partial charge in [-0.25, -0.2) is 0 Å². The third-order valence-corrected chi connectivity index (χ3v) is 4.69. The van der Waals surface area contributed by atoms with E-state index in [1.807, 2.05) is 25.1 Å². The predicted octanol–water partition coefficient (Wildman–Crippen LogP) is 5.01. The smallest absolute Gasteiger partial charge is 0.119 e. The average Bonchev–Trinajstić information content (AvgIpc) is 2.67. The van der Waals surface area contributed by atoms with Crippen molar-refractivity contribution in [1.82, 2.24) is 4.98 Å². The van der Waals surface area contributed by atoms with Crippen LogP contribution in [0, 0.1) is 6.92 Å². The summed E-state index contributed by atoms with van der Waals surface area (Å²) < 4.78 is 5.37. The summed E-state index contributed by atoms with van der Waals surface area (Å²) >= 11 is 0. The van der Waals surface area contributed by atoms with Gasteiger partial charge in [-0.15, -0.1) is 0 Å². The number of anilines is 2. The van der Waals surface area contributed by atoms with E-state index in [9.17, 15) is 0 Å². The minimum absolute atomic E-state index is 0.772. The van der Waals surface area contributed by atoms with Gasteiger partial charge in [-0.1, -0.05) is 12.1 Å². The van der Waals surface area contributed by atoms with E-state index in [0.29, 0.717) is 0 Å². The van der Waals surface area contributed by atoms with Crippen LogP contribution in [0.15, 0.2) is 48.5 Å². The summed E-state index contributed by atoms with van der Waals surface area (Å²) in [4.78, 5) is 6.97. The maximum atomic E-state index is 5.37. The average molecular weight is 349 g/mol. The number of methoxy groups -OCH3 is 1. The van der Waals surface area contributed by atoms with Crippen LogP contribution in [0.1, 0.15) is 25.1 Å². The molecule has 0 spiro atoms. The van der Waals surface area contributed by atoms with Crippen molar-refractivity contribution < 1.29 is 4.74 Å². The first kappa shape index (κ1) is 18.1. The van der Waals surface area contributed by atoms with Crippen molar-refractivity contribution in [3.8, 4) is 5.75 Å². The fourth-order valence-electron chi connectivity index (χ4n) is 3.22. The first-order valence-corrected chi connectivity index (χ1v) is 9.17. The van der Waals surface area contributed by atoms with Crippen LogP contribution in [0.25, 0.3) is 10.9 Å². The van der Waals surface area contributed by atoms with Crippen LogP contribution in [-0.4, -0.2) is 25.2 Å². The van der Waals surface area contributed by atoms with Gasteiger partial charge in [0.1, 0.15) is 5.75 Å². The molecule has 0 fully saturated rings. The standard InChI is InChI=1S/C22H27N3O/c1-5-25(6-2)18-9-7-17(8-10-18)15-23-22-13-16(3)24-21-12-11-19(26-4)14-20(21)22/h7-14H,5-6,15H2,1-4H3,(H,23,24). The van der Waals surface area contributed by atoms with Gasteiger partial charge in [0.05, 0.1) is 12.6 Å². The monoisotopic (exact) mass is 349 g/mol. The molecule has 0 radical (unpaired) electrons. The molecule has 1 aromatic heterocycles. The Labute approximate surface area is 155 Å². The van der Waals surface area contributed by atoms with Crippen LogP contribution >= 0.6 is 0 Å². The van der Waals surface area contributed by atoms with E-state index in [-0.39, 0.29) is 0 Å². The lowest BCUT2D eigenvalue weighted by molar-refractivity contribution is 0.415. The third-order valence-electron chi connectivity index (χ3n) is 4.69. The molecule has 0 saturated carbocycles. The van der Waals surface area contributed by atoms with Gasteiger partial charge < -0.3 is 15.0 Å². The molecule has 0 atom stereocenters. The van der Waals surface area contributed by atoms with Gasteiger partial charge in [-0.05, 0) is 62.7 Å². The predicted molar refractivity (Wildman–Crippen MR) is 110 cm³/mol. The van der Waals surface area contributed by atoms with E-state index >= 15 is 0 Å². The highest BCUT2D eigenvalue weighted by Crippen LogP contribution is 2.27. The molecule has 2 aromatic carbocycles. The van der Waals surface area contributed by atoms with E-state index in [1.165, 1.54) is 11.3 Å². The summed E-state index contributed by atoms with van der Waals surface area (Å²) in [6.07, 6.45) is 0. The number of pyridine rings is 1. The van der Waals surface area contributed by atoms with Gasteiger partial charge in [0, 0.05) is 42.1 Å². The summed E-state index contributed by atoms with van der Waals surface area (Å²) in [5.41, 5.74) is 5.59. The van der Waals surface area contributed by atoms with E-state index in [4.69, 9.17) is 4.74 Å². The Hall–Kier alpha value is -2.75. The largest absolute Gasteiger partial charge is 0.497 e. The van der Waals surface area contributed by atoms with Crippen LogP contribution in [0.5, 0.6) is 5.75 Å². The highest BCUT2D eigenvalue weighted by Gasteiger charge is 2.06. The number of nitrogens with one attached hydrogen (secondary N) is 1. The molecule has 1 N–H and O–H groups in total. The number of nitrogens with zero attached hydrogens (tertiary/aromatic N) is 2. The number of fused-ring (bicyclic) bond motifs is 1. The number of ether oxygens (including phenoxy) is 1. The van der Waals surface area contributed by atoms with Crippen molar-refractivity contribution >= 4 is 22.3 Å². The summed E-state index contributed by atoms with van der Waals surface area (Å²) in [7, 11) is 1.69. The third kappa shape index (κ3) is 3.90. The molecule has 3 rings (SSSR count). The Balaban J connectivity index is 1.81. The fourth-order valence-corrected chi connectivity index (χ4v) is 3.22. The Kier molecular flexibility index (Phi) is 5.61. The summed E-state index contributed by atoms with van der Waals surface area (Å²) in [6, 6.07) is 16.9. The van der Waals surface area contributed by atoms with Gasteiger partial charge in [-0.2, -0.15) is 0 Å². The van der Waals surface area contributed by atoms with Crippen LogP contribution in [0.2, 0.25) is 0 Å². The Morgan fingerprint density at radius 2 is 1.73 bits per heavy atom. The first-order valence-electron chi connectivity index (χ1n) is 9.17. The summed E-state index contributed by atoms with van der Waals surface area (Å²) in [5, 5.41) is 4.64. The zero-order valence-corrected chi connectivity index (χ0v) is 16.0. The molecule has 0 aliphatic carbocycles. The van der Waals surface area contributed by atoms with Crippen LogP contribution in [-0.2, 0) is 6.54 Å². The summed E-state index contributed by atoms with van der Waals surface area (Å²) in [5.74, 6) is 0.842. The highest BCUT2D eigenvalue weighted by molar-refractivity contribution is 5.92. The molecule has 1 heterocycles. The van der Waals surface area contributed by atoms with E-state index < -0.39 is 0 Å². The van der Waals surface area contributed by atoms with Crippen molar-refractivity contribution in [3.63, 3.8) is 0 Å². The molecule has 4 heteroatoms. The first-order chi connectivity index (χ1) is 12.6. The lowest BCUT2D eigenvalue weighted by atomic mass is 10.1. The van der Waals surface area contributed by atoms with Crippen molar-refractivity contribution in [2.24, 2.45) is 0 Å². The molecule has 0 unspecified atom stereocenters. The number of hydrogen-bond acceptors (Lipinski definition) is 4. The molecule has 0 bridgehead atoms. The quantitative estimate of drug-likeness (QED) is 0.650. The number of hydrogen-bond donors (Lipinski definition) is 1. The van der Waals surface area contributed by atoms with E-state index in [0.717, 1.165) is 47.7 Å². The van der Waals surface area contributed by atoms with Gasteiger partial charge in [-0.3, -0.25) is 4.98 Å². The molecule has 136 valence electrons. The minimum Gasteiger partial charge on any atom is -0.497 e. The fraction of sp³-hybridized carbons (Fsp3) is 0.318. The SMILES string of the molecule is CCN(CC)c1ccc(CNc2cc(C)nc3ccc(OC)cc23)cc1. The second-order valence-corrected chi connectivity index (χ2v) is 6.39. The van der Waals surface area contributed by atoms with Crippen molar-refractivity contribution in [3.05, 3.63) is 59.8 Å². The van der Waals surface area contributed by atoms with Crippen molar-refractivity contribution in [2.45, 2.75) is 27.3 Å². The second kappa shape index (κ2) is 8.09. The summed E-state index contributed by atoms with van der Waals surface area (Å²) in [6.45, 7) is 9.21. The van der Waals surface area contributed by atoms with Crippen LogP contribution < -0.4 is 15.0 Å². The maximum absolute atomic E-state index is 5.37. The van der Waals surface area contributed by atoms with Gasteiger partial charge >= 0.3 is 0 Å². The number of rotatable bonds is 7. The van der Waals surface area contributed by atoms with Crippen molar-refractivity contribution in [1.29, 1.82) is 0 Å². The number of aryl methyl sites for hydroxylation is 1. The normalized spacial score (nSPS) is 10.8. The Morgan fingerprint density at radius 3 is 2.38 bits per heavy atom. The van der Waals surface area contributed by atoms with Crippen LogP contribution in [0.4, 0.5) is 11.4 Å². The van der Waals surface area contributed by atoms with E-state index in [1.54, 1.807) is 7.11 Å². The Morgan fingerprint density at radius 1 is 1.00 bits per heavy atom. The molecule has 3 aromatic rings. The number of aromatic nitrogens is 1. The lowest BCUT2D eigenvalue weighted by Gasteiger charge is -2.21. The molecule has 0 aliphatic heterocycles. The number of benzene rings is 2. The molecule has 4 nitrogen and oxygen atoms in total. The molecule has 0 aliphatic rings. The molecular weight excluding hydrogens is 322 g/mol. The van der Waals surface area contributed by atoms with Gasteiger partial charge in [0.25, 0.3) is 0 Å². The zero-order chi connectivity index (χ0) is 18.5. The zero-order valence-electron chi connectivity index (χ0n) is 16.0. The van der Waals surface area contributed by atoms with Gasteiger partial charge in [0.2, 0.25) is 0 Å². The topological polar surface area (TPSA) is 37.4 Å². The second-order valence-electron chi connectivity index (χ2n) is 6.39. The molecule has 26 heavy (non-hydrogen) atoms. The molecular formula is C22H27N3O. The lowest BCUT2D eigenvalue weighted by Crippen LogP contribution is -2.21. The molecule has 0 saturated heterocycles. The molecule has 0 amide bonds. The minimum atomic E-state index is 0.772. The maximum Gasteiger partial charge on any atom is 0.119 e. The van der Waals surface area contributed by atoms with E-state index in [2.05, 4.69) is 59.4 Å². The van der Waals surface area contributed by atoms with Crippen LogP contribution in [0.3, 0.4) is 0 Å². The van der Waals surface area contributed by atoms with Gasteiger partial charge in [0.15, 0.2) is 0 Å². The van der Waals surface area contributed by atoms with Crippen molar-refractivity contribution in [2.75, 3.05) is 30.4 Å².